The lowest BCUT2D eigenvalue weighted by Crippen LogP contribution is -1.96. The summed E-state index contributed by atoms with van der Waals surface area (Å²) in [5.41, 5.74) is 7.57. The quantitative estimate of drug-likeness (QED) is 0.935. The SMILES string of the molecule is Cl.NCc1ccc(-c2noc(C3CCCO3)n2)cc1. The van der Waals surface area contributed by atoms with Crippen molar-refractivity contribution in [3.63, 3.8) is 0 Å². The van der Waals surface area contributed by atoms with Gasteiger partial charge in [-0.05, 0) is 18.4 Å². The van der Waals surface area contributed by atoms with E-state index in [1.54, 1.807) is 0 Å². The van der Waals surface area contributed by atoms with E-state index >= 15 is 0 Å². The smallest absolute Gasteiger partial charge is 0.256 e. The predicted molar refractivity (Wildman–Crippen MR) is 72.8 cm³/mol. The molecule has 1 unspecified atom stereocenters. The molecule has 5 nitrogen and oxygen atoms in total. The van der Waals surface area contributed by atoms with Crippen molar-refractivity contribution >= 4 is 12.4 Å². The van der Waals surface area contributed by atoms with Crippen LogP contribution in [0.5, 0.6) is 0 Å². The lowest BCUT2D eigenvalue weighted by atomic mass is 10.1. The van der Waals surface area contributed by atoms with E-state index in [0.717, 1.165) is 30.6 Å². The van der Waals surface area contributed by atoms with Gasteiger partial charge < -0.3 is 15.0 Å². The fraction of sp³-hybridized carbons (Fsp3) is 0.385. The van der Waals surface area contributed by atoms with Crippen LogP contribution in [-0.2, 0) is 11.3 Å². The van der Waals surface area contributed by atoms with Gasteiger partial charge in [0.15, 0.2) is 0 Å². The van der Waals surface area contributed by atoms with E-state index < -0.39 is 0 Å². The first-order chi connectivity index (χ1) is 8.86. The zero-order valence-corrected chi connectivity index (χ0v) is 11.2. The molecule has 1 saturated heterocycles. The van der Waals surface area contributed by atoms with E-state index in [4.69, 9.17) is 15.0 Å². The number of aromatic nitrogens is 2. The molecule has 19 heavy (non-hydrogen) atoms. The van der Waals surface area contributed by atoms with Gasteiger partial charge in [-0.2, -0.15) is 4.98 Å². The summed E-state index contributed by atoms with van der Waals surface area (Å²) in [6.45, 7) is 1.31. The first kappa shape index (κ1) is 14.0. The highest BCUT2D eigenvalue weighted by atomic mass is 35.5. The third-order valence-corrected chi connectivity index (χ3v) is 3.09. The van der Waals surface area contributed by atoms with Gasteiger partial charge in [0.2, 0.25) is 5.82 Å². The highest BCUT2D eigenvalue weighted by Crippen LogP contribution is 2.28. The molecule has 1 aliphatic heterocycles. The number of hydrogen-bond acceptors (Lipinski definition) is 5. The Bertz CT molecular complexity index is 521. The van der Waals surface area contributed by atoms with Crippen LogP contribution >= 0.6 is 12.4 Å². The van der Waals surface area contributed by atoms with Gasteiger partial charge in [-0.15, -0.1) is 12.4 Å². The summed E-state index contributed by atoms with van der Waals surface area (Å²) in [5.74, 6) is 1.18. The Labute approximate surface area is 117 Å². The molecule has 0 amide bonds. The van der Waals surface area contributed by atoms with Crippen LogP contribution in [0.2, 0.25) is 0 Å². The first-order valence-corrected chi connectivity index (χ1v) is 6.11. The Morgan fingerprint density at radius 2 is 2.05 bits per heavy atom. The minimum absolute atomic E-state index is 0. The molecule has 1 fully saturated rings. The minimum atomic E-state index is -0.0328. The summed E-state index contributed by atoms with van der Waals surface area (Å²) in [7, 11) is 0. The number of hydrogen-bond donors (Lipinski definition) is 1. The minimum Gasteiger partial charge on any atom is -0.368 e. The van der Waals surface area contributed by atoms with E-state index in [9.17, 15) is 0 Å². The van der Waals surface area contributed by atoms with E-state index in [-0.39, 0.29) is 18.5 Å². The van der Waals surface area contributed by atoms with Crippen LogP contribution in [0.4, 0.5) is 0 Å². The summed E-state index contributed by atoms with van der Waals surface area (Å²) in [6.07, 6.45) is 1.97. The molecule has 0 bridgehead atoms. The van der Waals surface area contributed by atoms with Gasteiger partial charge in [0.05, 0.1) is 0 Å². The predicted octanol–water partition coefficient (Wildman–Crippen LogP) is 2.47. The lowest BCUT2D eigenvalue weighted by Gasteiger charge is -2.00. The van der Waals surface area contributed by atoms with Gasteiger partial charge >= 0.3 is 0 Å². The zero-order valence-electron chi connectivity index (χ0n) is 10.4. The van der Waals surface area contributed by atoms with E-state index in [1.165, 1.54) is 0 Å². The second-order valence-corrected chi connectivity index (χ2v) is 4.36. The molecule has 0 radical (unpaired) electrons. The summed E-state index contributed by atoms with van der Waals surface area (Å²) in [5, 5.41) is 3.99. The monoisotopic (exact) mass is 281 g/mol. The summed E-state index contributed by atoms with van der Waals surface area (Å²) in [4.78, 5) is 4.38. The second kappa shape index (κ2) is 6.14. The molecule has 6 heteroatoms. The van der Waals surface area contributed by atoms with Crippen LogP contribution in [0.1, 0.15) is 30.4 Å². The van der Waals surface area contributed by atoms with Crippen LogP contribution in [0.3, 0.4) is 0 Å². The van der Waals surface area contributed by atoms with Crippen LogP contribution in [0.15, 0.2) is 28.8 Å². The molecular weight excluding hydrogens is 266 g/mol. The molecular formula is C13H16ClN3O2. The summed E-state index contributed by atoms with van der Waals surface area (Å²) < 4.78 is 10.8. The number of ether oxygens (including phenoxy) is 1. The number of halogens is 1. The van der Waals surface area contributed by atoms with Crippen molar-refractivity contribution in [2.24, 2.45) is 5.73 Å². The first-order valence-electron chi connectivity index (χ1n) is 6.11. The van der Waals surface area contributed by atoms with E-state index in [0.29, 0.717) is 18.3 Å². The third kappa shape index (κ3) is 2.94. The molecule has 0 saturated carbocycles. The van der Waals surface area contributed by atoms with Crippen molar-refractivity contribution in [3.8, 4) is 11.4 Å². The Morgan fingerprint density at radius 3 is 2.68 bits per heavy atom. The Hall–Kier alpha value is -1.43. The Morgan fingerprint density at radius 1 is 1.26 bits per heavy atom. The molecule has 1 aliphatic rings. The lowest BCUT2D eigenvalue weighted by molar-refractivity contribution is 0.0835. The highest BCUT2D eigenvalue weighted by molar-refractivity contribution is 5.85. The van der Waals surface area contributed by atoms with Gasteiger partial charge in [-0.3, -0.25) is 0 Å². The maximum absolute atomic E-state index is 5.56. The fourth-order valence-corrected chi connectivity index (χ4v) is 2.05. The molecule has 1 atom stereocenters. The van der Waals surface area contributed by atoms with Crippen LogP contribution < -0.4 is 5.73 Å². The average molecular weight is 282 g/mol. The Kier molecular flexibility index (Phi) is 4.52. The van der Waals surface area contributed by atoms with Crippen LogP contribution in [-0.4, -0.2) is 16.7 Å². The second-order valence-electron chi connectivity index (χ2n) is 4.36. The molecule has 2 heterocycles. The van der Waals surface area contributed by atoms with Gasteiger partial charge in [0.25, 0.3) is 5.89 Å². The largest absolute Gasteiger partial charge is 0.368 e. The maximum Gasteiger partial charge on any atom is 0.256 e. The van der Waals surface area contributed by atoms with Gasteiger partial charge in [-0.25, -0.2) is 0 Å². The summed E-state index contributed by atoms with van der Waals surface area (Å²) in [6, 6.07) is 7.84. The van der Waals surface area contributed by atoms with E-state index in [2.05, 4.69) is 10.1 Å². The molecule has 102 valence electrons. The molecule has 2 N–H and O–H groups in total. The fourth-order valence-electron chi connectivity index (χ4n) is 2.05. The van der Waals surface area contributed by atoms with Crippen LogP contribution in [0.25, 0.3) is 11.4 Å². The normalized spacial score (nSPS) is 18.3. The number of rotatable bonds is 3. The maximum atomic E-state index is 5.56. The number of nitrogens with zero attached hydrogens (tertiary/aromatic N) is 2. The van der Waals surface area contributed by atoms with Crippen molar-refractivity contribution < 1.29 is 9.26 Å². The van der Waals surface area contributed by atoms with E-state index in [1.807, 2.05) is 24.3 Å². The van der Waals surface area contributed by atoms with Gasteiger partial charge in [0.1, 0.15) is 6.10 Å². The van der Waals surface area contributed by atoms with Crippen molar-refractivity contribution in [2.75, 3.05) is 6.61 Å². The van der Waals surface area contributed by atoms with Crippen molar-refractivity contribution in [3.05, 3.63) is 35.7 Å². The Balaban J connectivity index is 0.00000133. The number of benzene rings is 1. The standard InChI is InChI=1S/C13H15N3O2.ClH/c14-8-9-3-5-10(6-4-9)12-15-13(18-16-12)11-2-1-7-17-11;/h3-6,11H,1-2,7-8,14H2;1H. The molecule has 0 aliphatic carbocycles. The molecule has 0 spiro atoms. The van der Waals surface area contributed by atoms with Crippen molar-refractivity contribution in [2.45, 2.75) is 25.5 Å². The van der Waals surface area contributed by atoms with Gasteiger partial charge in [0, 0.05) is 18.7 Å². The van der Waals surface area contributed by atoms with Crippen molar-refractivity contribution in [1.82, 2.24) is 10.1 Å². The van der Waals surface area contributed by atoms with Crippen molar-refractivity contribution in [1.29, 1.82) is 0 Å². The van der Waals surface area contributed by atoms with Crippen LogP contribution in [0, 0.1) is 0 Å². The molecule has 3 rings (SSSR count). The number of nitrogens with two attached hydrogens (primary N) is 1. The van der Waals surface area contributed by atoms with Gasteiger partial charge in [-0.1, -0.05) is 29.4 Å². The molecule has 1 aromatic carbocycles. The topological polar surface area (TPSA) is 74.2 Å². The highest BCUT2D eigenvalue weighted by Gasteiger charge is 2.24. The third-order valence-electron chi connectivity index (χ3n) is 3.09. The summed E-state index contributed by atoms with van der Waals surface area (Å²) >= 11 is 0. The zero-order chi connectivity index (χ0) is 12.4. The molecule has 2 aromatic rings. The average Bonchev–Trinajstić information content (AvgIpc) is 3.09. The molecule has 1 aromatic heterocycles.